The van der Waals surface area contributed by atoms with Crippen LogP contribution in [0.1, 0.15) is 24.2 Å². The Bertz CT molecular complexity index is 1110. The molecule has 7 heteroatoms. The summed E-state index contributed by atoms with van der Waals surface area (Å²) >= 11 is 6.18. The van der Waals surface area contributed by atoms with Gasteiger partial charge in [0.2, 0.25) is 0 Å². The molecule has 2 heterocycles. The fraction of sp³-hybridized carbons (Fsp3) is 0.292. The van der Waals surface area contributed by atoms with Crippen LogP contribution in [0.4, 0.5) is 0 Å². The number of halogens is 1. The number of hydrogen-bond donors (Lipinski definition) is 0. The summed E-state index contributed by atoms with van der Waals surface area (Å²) in [4.78, 5) is 33.5. The van der Waals surface area contributed by atoms with E-state index in [1.165, 1.54) is 0 Å². The first kappa shape index (κ1) is 21.1. The molecule has 0 aliphatic carbocycles. The zero-order valence-electron chi connectivity index (χ0n) is 17.5. The van der Waals surface area contributed by atoms with Gasteiger partial charge in [-0.1, -0.05) is 41.9 Å². The molecule has 4 rings (SSSR count). The van der Waals surface area contributed by atoms with Gasteiger partial charge in [0, 0.05) is 48.2 Å². The van der Waals surface area contributed by atoms with Crippen molar-refractivity contribution in [2.45, 2.75) is 26.0 Å². The van der Waals surface area contributed by atoms with Gasteiger partial charge in [-0.3, -0.25) is 9.59 Å². The van der Waals surface area contributed by atoms with Crippen LogP contribution in [0, 0.1) is 0 Å². The SMILES string of the molecule is C[C@H](Oc1cccc2c(Cl)nccc12)C(=O)N1CCN(C(=O)c2ccccc2)C[C@H]1C. The number of aromatic nitrogens is 1. The van der Waals surface area contributed by atoms with E-state index in [4.69, 9.17) is 16.3 Å². The minimum atomic E-state index is -0.670. The molecule has 1 fully saturated rings. The summed E-state index contributed by atoms with van der Waals surface area (Å²) in [5.74, 6) is 0.481. The fourth-order valence-electron chi connectivity index (χ4n) is 3.95. The highest BCUT2D eigenvalue weighted by atomic mass is 35.5. The summed E-state index contributed by atoms with van der Waals surface area (Å²) in [5.41, 5.74) is 0.662. The molecule has 0 bridgehead atoms. The number of fused-ring (bicyclic) bond motifs is 1. The molecule has 0 saturated carbocycles. The number of benzene rings is 2. The van der Waals surface area contributed by atoms with Crippen molar-refractivity contribution in [2.24, 2.45) is 0 Å². The molecule has 0 spiro atoms. The van der Waals surface area contributed by atoms with E-state index in [0.717, 1.165) is 10.8 Å². The molecular weight excluding hydrogens is 414 g/mol. The normalized spacial score (nSPS) is 17.5. The summed E-state index contributed by atoms with van der Waals surface area (Å²) in [6.07, 6.45) is 0.950. The Kier molecular flexibility index (Phi) is 6.09. The lowest BCUT2D eigenvalue weighted by Gasteiger charge is -2.40. The smallest absolute Gasteiger partial charge is 0.263 e. The van der Waals surface area contributed by atoms with Gasteiger partial charge in [-0.25, -0.2) is 4.98 Å². The third-order valence-corrected chi connectivity index (χ3v) is 5.89. The molecule has 1 saturated heterocycles. The van der Waals surface area contributed by atoms with E-state index in [2.05, 4.69) is 4.98 Å². The van der Waals surface area contributed by atoms with Crippen molar-refractivity contribution in [3.8, 4) is 5.75 Å². The number of nitrogens with zero attached hydrogens (tertiary/aromatic N) is 3. The van der Waals surface area contributed by atoms with Crippen LogP contribution in [0.25, 0.3) is 10.8 Å². The van der Waals surface area contributed by atoms with Crippen molar-refractivity contribution in [1.29, 1.82) is 0 Å². The van der Waals surface area contributed by atoms with Crippen LogP contribution in [0.3, 0.4) is 0 Å². The maximum absolute atomic E-state index is 13.1. The number of piperazine rings is 1. The minimum absolute atomic E-state index is 0.00918. The summed E-state index contributed by atoms with van der Waals surface area (Å²) in [7, 11) is 0. The van der Waals surface area contributed by atoms with E-state index in [9.17, 15) is 9.59 Å². The molecule has 31 heavy (non-hydrogen) atoms. The van der Waals surface area contributed by atoms with Crippen molar-refractivity contribution in [3.05, 3.63) is 71.5 Å². The number of pyridine rings is 1. The van der Waals surface area contributed by atoms with Crippen LogP contribution in [0.15, 0.2) is 60.8 Å². The third kappa shape index (κ3) is 4.35. The third-order valence-electron chi connectivity index (χ3n) is 5.59. The van der Waals surface area contributed by atoms with Crippen LogP contribution in [-0.2, 0) is 4.79 Å². The molecule has 2 atom stereocenters. The standard InChI is InChI=1S/C24H24ClN3O3/c1-16-15-27(24(30)18-7-4-3-5-8-18)13-14-28(16)23(29)17(2)31-21-10-6-9-20-19(21)11-12-26-22(20)25/h3-12,16-17H,13-15H2,1-2H3/t16-,17+/m1/s1. The van der Waals surface area contributed by atoms with E-state index in [1.807, 2.05) is 61.5 Å². The number of amides is 2. The number of ether oxygens (including phenoxy) is 1. The molecule has 2 amide bonds. The minimum Gasteiger partial charge on any atom is -0.480 e. The summed E-state index contributed by atoms with van der Waals surface area (Å²) < 4.78 is 6.03. The Balaban J connectivity index is 1.43. The summed E-state index contributed by atoms with van der Waals surface area (Å²) in [5, 5.41) is 1.99. The Morgan fingerprint density at radius 2 is 1.84 bits per heavy atom. The molecule has 0 radical (unpaired) electrons. The molecule has 1 aromatic heterocycles. The van der Waals surface area contributed by atoms with Crippen molar-refractivity contribution in [2.75, 3.05) is 19.6 Å². The van der Waals surface area contributed by atoms with Crippen LogP contribution in [0.2, 0.25) is 5.15 Å². The highest BCUT2D eigenvalue weighted by molar-refractivity contribution is 6.34. The van der Waals surface area contributed by atoms with Crippen LogP contribution >= 0.6 is 11.6 Å². The van der Waals surface area contributed by atoms with Crippen molar-refractivity contribution in [1.82, 2.24) is 14.8 Å². The summed E-state index contributed by atoms with van der Waals surface area (Å²) in [6.45, 7) is 5.15. The molecule has 0 N–H and O–H groups in total. The zero-order chi connectivity index (χ0) is 22.0. The number of carbonyl (C=O) groups is 2. The molecule has 3 aromatic rings. The van der Waals surface area contributed by atoms with Crippen LogP contribution in [0.5, 0.6) is 5.75 Å². The maximum Gasteiger partial charge on any atom is 0.263 e. The van der Waals surface area contributed by atoms with E-state index in [-0.39, 0.29) is 17.9 Å². The van der Waals surface area contributed by atoms with Gasteiger partial charge in [0.05, 0.1) is 0 Å². The Hall–Kier alpha value is -3.12. The molecule has 6 nitrogen and oxygen atoms in total. The lowest BCUT2D eigenvalue weighted by molar-refractivity contribution is -0.142. The molecule has 160 valence electrons. The number of carbonyl (C=O) groups excluding carboxylic acids is 2. The van der Waals surface area contributed by atoms with E-state index in [1.54, 1.807) is 22.9 Å². The molecule has 1 aliphatic rings. The van der Waals surface area contributed by atoms with Gasteiger partial charge < -0.3 is 14.5 Å². The predicted molar refractivity (Wildman–Crippen MR) is 120 cm³/mol. The highest BCUT2D eigenvalue weighted by Crippen LogP contribution is 2.30. The van der Waals surface area contributed by atoms with Crippen molar-refractivity contribution < 1.29 is 14.3 Å². The lowest BCUT2D eigenvalue weighted by Crippen LogP contribution is -2.57. The Morgan fingerprint density at radius 1 is 1.06 bits per heavy atom. The van der Waals surface area contributed by atoms with E-state index >= 15 is 0 Å². The van der Waals surface area contributed by atoms with Gasteiger partial charge in [0.15, 0.2) is 6.10 Å². The van der Waals surface area contributed by atoms with Gasteiger partial charge in [-0.2, -0.15) is 0 Å². The van der Waals surface area contributed by atoms with Crippen molar-refractivity contribution >= 4 is 34.2 Å². The van der Waals surface area contributed by atoms with Gasteiger partial charge in [-0.05, 0) is 38.1 Å². The number of rotatable bonds is 4. The second-order valence-electron chi connectivity index (χ2n) is 7.71. The lowest BCUT2D eigenvalue weighted by atomic mass is 10.1. The average Bonchev–Trinajstić information content (AvgIpc) is 2.79. The maximum atomic E-state index is 13.1. The largest absolute Gasteiger partial charge is 0.480 e. The second kappa shape index (κ2) is 8.94. The fourth-order valence-corrected chi connectivity index (χ4v) is 4.17. The van der Waals surface area contributed by atoms with Gasteiger partial charge in [0.1, 0.15) is 10.9 Å². The molecule has 2 aromatic carbocycles. The van der Waals surface area contributed by atoms with Crippen molar-refractivity contribution in [3.63, 3.8) is 0 Å². The van der Waals surface area contributed by atoms with Gasteiger partial charge in [0.25, 0.3) is 11.8 Å². The molecule has 1 aliphatic heterocycles. The molecular formula is C24H24ClN3O3. The second-order valence-corrected chi connectivity index (χ2v) is 8.07. The van der Waals surface area contributed by atoms with E-state index in [0.29, 0.717) is 36.1 Å². The Labute approximate surface area is 186 Å². The summed E-state index contributed by atoms with van der Waals surface area (Å²) in [6, 6.07) is 16.5. The number of hydrogen-bond acceptors (Lipinski definition) is 4. The van der Waals surface area contributed by atoms with Crippen LogP contribution in [-0.4, -0.2) is 58.4 Å². The first-order valence-corrected chi connectivity index (χ1v) is 10.7. The monoisotopic (exact) mass is 437 g/mol. The van der Waals surface area contributed by atoms with E-state index < -0.39 is 6.10 Å². The first-order chi connectivity index (χ1) is 15.0. The Morgan fingerprint density at radius 3 is 2.58 bits per heavy atom. The quantitative estimate of drug-likeness (QED) is 0.578. The first-order valence-electron chi connectivity index (χ1n) is 10.3. The highest BCUT2D eigenvalue weighted by Gasteiger charge is 2.33. The van der Waals surface area contributed by atoms with Gasteiger partial charge >= 0.3 is 0 Å². The molecule has 0 unspecified atom stereocenters. The topological polar surface area (TPSA) is 62.7 Å². The average molecular weight is 438 g/mol. The van der Waals surface area contributed by atoms with Crippen LogP contribution < -0.4 is 4.74 Å². The predicted octanol–water partition coefficient (Wildman–Crippen LogP) is 4.03. The van der Waals surface area contributed by atoms with Gasteiger partial charge in [-0.15, -0.1) is 0 Å². The zero-order valence-corrected chi connectivity index (χ0v) is 18.2.